The smallest absolute Gasteiger partial charge is 0.364 e. The number of carbonyl (C=O) groups excluding carboxylic acids is 2. The van der Waals surface area contributed by atoms with Gasteiger partial charge in [-0.1, -0.05) is 283 Å². The number of aliphatic hydroxyl groups is 11. The summed E-state index contributed by atoms with van der Waals surface area (Å²) >= 11 is 0. The number of carboxylic acid groups (broad SMARTS) is 1. The summed E-state index contributed by atoms with van der Waals surface area (Å²) in [4.78, 5) is 38.7. The molecule has 0 spiro atoms. The summed E-state index contributed by atoms with van der Waals surface area (Å²) in [5, 5.41) is 137. The van der Waals surface area contributed by atoms with E-state index in [4.69, 9.17) is 28.4 Å². The van der Waals surface area contributed by atoms with Crippen molar-refractivity contribution in [2.45, 2.75) is 439 Å². The molecule has 3 aliphatic heterocycles. The maximum atomic E-state index is 13.6. The van der Waals surface area contributed by atoms with Crippen molar-refractivity contribution in [2.75, 3.05) is 26.4 Å². The molecule has 101 heavy (non-hydrogen) atoms. The Labute approximate surface area is 607 Å². The summed E-state index contributed by atoms with van der Waals surface area (Å²) in [6.45, 7) is 2.26. The van der Waals surface area contributed by atoms with Gasteiger partial charge in [0.25, 0.3) is 5.79 Å². The number of allylic oxidation sites excluding steroid dienone is 2. The molecule has 23 nitrogen and oxygen atoms in total. The van der Waals surface area contributed by atoms with Gasteiger partial charge in [-0.05, 0) is 38.5 Å². The first-order valence-corrected chi connectivity index (χ1v) is 40.5. The third kappa shape index (κ3) is 38.2. The number of hydrogen-bond acceptors (Lipinski definition) is 20. The van der Waals surface area contributed by atoms with Crippen LogP contribution < -0.4 is 10.6 Å². The van der Waals surface area contributed by atoms with Crippen molar-refractivity contribution in [3.05, 3.63) is 12.2 Å². The number of hydrogen-bond donors (Lipinski definition) is 14. The second-order valence-corrected chi connectivity index (χ2v) is 29.6. The van der Waals surface area contributed by atoms with E-state index in [-0.39, 0.29) is 18.9 Å². The highest BCUT2D eigenvalue weighted by atomic mass is 16.8. The third-order valence-corrected chi connectivity index (χ3v) is 20.7. The van der Waals surface area contributed by atoms with Crippen LogP contribution in [0.2, 0.25) is 0 Å². The number of carboxylic acids is 1. The van der Waals surface area contributed by atoms with Crippen molar-refractivity contribution in [1.82, 2.24) is 10.6 Å². The van der Waals surface area contributed by atoms with Crippen LogP contribution in [0.25, 0.3) is 0 Å². The van der Waals surface area contributed by atoms with Crippen LogP contribution in [-0.2, 0) is 42.8 Å². The third-order valence-electron chi connectivity index (χ3n) is 20.7. The van der Waals surface area contributed by atoms with Gasteiger partial charge in [-0.3, -0.25) is 9.59 Å². The van der Waals surface area contributed by atoms with E-state index in [2.05, 4.69) is 36.6 Å². The minimum atomic E-state index is -3.08. The van der Waals surface area contributed by atoms with E-state index in [0.29, 0.717) is 19.3 Å². The number of nitrogens with one attached hydrogen (secondary N) is 2. The monoisotopic (exact) mass is 1450 g/mol. The molecular weight excluding hydrogens is 1300 g/mol. The van der Waals surface area contributed by atoms with Crippen molar-refractivity contribution >= 4 is 17.8 Å². The zero-order valence-corrected chi connectivity index (χ0v) is 62.8. The lowest BCUT2D eigenvalue weighted by molar-refractivity contribution is -0.386. The average Bonchev–Trinajstić information content (AvgIpc) is 0.756. The quantitative estimate of drug-likeness (QED) is 0.0199. The fraction of sp³-hybridized carbons (Fsp3) is 0.936. The van der Waals surface area contributed by atoms with Crippen molar-refractivity contribution in [2.24, 2.45) is 0 Å². The summed E-state index contributed by atoms with van der Waals surface area (Å²) in [5.74, 6) is -6.09. The van der Waals surface area contributed by atoms with Crippen LogP contribution in [0.3, 0.4) is 0 Å². The molecule has 3 fully saturated rings. The van der Waals surface area contributed by atoms with E-state index in [0.717, 1.165) is 58.3 Å². The summed E-state index contributed by atoms with van der Waals surface area (Å²) in [6.07, 6.45) is 32.0. The first kappa shape index (κ1) is 92.7. The number of carbonyl (C=O) groups is 3. The Bertz CT molecular complexity index is 2070. The molecule has 3 saturated heterocycles. The van der Waals surface area contributed by atoms with Gasteiger partial charge in [-0.25, -0.2) is 4.79 Å². The molecule has 0 aliphatic carbocycles. The van der Waals surface area contributed by atoms with Gasteiger partial charge >= 0.3 is 5.97 Å². The molecular formula is C78H146N2O21. The van der Waals surface area contributed by atoms with E-state index >= 15 is 0 Å². The fourth-order valence-electron chi connectivity index (χ4n) is 14.3. The van der Waals surface area contributed by atoms with E-state index in [1.165, 1.54) is 225 Å². The maximum absolute atomic E-state index is 13.6. The molecule has 3 rings (SSSR count). The molecule has 3 heterocycles. The van der Waals surface area contributed by atoms with Gasteiger partial charge in [-0.2, -0.15) is 0 Å². The molecule has 0 aromatic rings. The van der Waals surface area contributed by atoms with Crippen molar-refractivity contribution < 1.29 is 104 Å². The summed E-state index contributed by atoms with van der Waals surface area (Å²) < 4.78 is 35.0. The van der Waals surface area contributed by atoms with Crippen LogP contribution in [-0.4, -0.2) is 215 Å². The predicted octanol–water partition coefficient (Wildman–Crippen LogP) is 10.6. The normalized spacial score (nSPS) is 26.8. The Morgan fingerprint density at radius 1 is 0.505 bits per heavy atom. The topological polar surface area (TPSA) is 373 Å². The Morgan fingerprint density at radius 2 is 0.921 bits per heavy atom. The molecule has 0 bridgehead atoms. The molecule has 3 aliphatic rings. The van der Waals surface area contributed by atoms with Crippen molar-refractivity contribution in [3.8, 4) is 0 Å². The van der Waals surface area contributed by atoms with Crippen LogP contribution in [0.4, 0.5) is 0 Å². The summed E-state index contributed by atoms with van der Waals surface area (Å²) in [6, 6.07) is -2.53. The summed E-state index contributed by atoms with van der Waals surface area (Å²) in [7, 11) is 0. The van der Waals surface area contributed by atoms with Gasteiger partial charge in [-0.15, -0.1) is 0 Å². The minimum absolute atomic E-state index is 0.225. The molecule has 0 radical (unpaired) electrons. The van der Waals surface area contributed by atoms with Gasteiger partial charge in [0.15, 0.2) is 12.6 Å². The van der Waals surface area contributed by atoms with E-state index in [9.17, 15) is 75.7 Å². The van der Waals surface area contributed by atoms with Crippen LogP contribution in [0.5, 0.6) is 0 Å². The van der Waals surface area contributed by atoms with Gasteiger partial charge in [0.2, 0.25) is 11.8 Å². The van der Waals surface area contributed by atoms with Crippen molar-refractivity contribution in [1.29, 1.82) is 0 Å². The first-order valence-electron chi connectivity index (χ1n) is 40.5. The lowest BCUT2D eigenvalue weighted by atomic mass is 9.88. The Morgan fingerprint density at radius 3 is 1.34 bits per heavy atom. The van der Waals surface area contributed by atoms with Crippen molar-refractivity contribution in [3.63, 3.8) is 0 Å². The SMILES string of the molecule is CCCCCCCCCCCCCC/C=C\CCCCCCCCCCCCCC(=O)NC(COC1OC(CO)C(OC2OC(CO)C(O)C(OC3(C(=O)O)CC(O)C(NC(C)=O)C(C(O)C(O)CO)O3)C2O)C(O)C1O)C(O)CCCCCCCCCCCCCCCCCCCCCC. The Hall–Kier alpha value is -2.53. The molecule has 23 heteroatoms. The van der Waals surface area contributed by atoms with Gasteiger partial charge < -0.3 is 100 Å². The van der Waals surface area contributed by atoms with E-state index in [1.807, 2.05) is 0 Å². The predicted molar refractivity (Wildman–Crippen MR) is 389 cm³/mol. The summed E-state index contributed by atoms with van der Waals surface area (Å²) in [5.41, 5.74) is 0. The van der Waals surface area contributed by atoms with Crippen LogP contribution in [0.15, 0.2) is 12.2 Å². The second kappa shape index (κ2) is 57.6. The van der Waals surface area contributed by atoms with Crippen LogP contribution in [0.1, 0.15) is 329 Å². The standard InChI is InChI=1S/C78H146N2O21/c1-4-6-8-10-12-14-16-18-20-22-24-26-27-28-29-30-31-32-34-36-38-40-42-44-46-48-50-52-65(88)80-59(60(85)51-49-47-45-43-41-39-37-35-33-25-23-21-19-17-15-13-11-9-7-5-2)57-96-75-70(92)69(91)72(64(56-83)98-75)99-76-71(93)74(68(90)63(55-82)97-76)101-78(77(94)95)53-61(86)66(79-58(3)84)73(100-78)67(89)62(87)54-81/h28-29,59-64,66-76,81-83,85-87,89-93H,4-27,30-57H2,1-3H3,(H,79,84)(H,80,88)(H,94,95)/b29-28-. The van der Waals surface area contributed by atoms with Gasteiger partial charge in [0.05, 0.1) is 50.7 Å². The number of aliphatic carboxylic acids is 1. The first-order chi connectivity index (χ1) is 48.9. The molecule has 0 aromatic heterocycles. The molecule has 18 unspecified atom stereocenters. The number of rotatable bonds is 64. The molecule has 14 N–H and O–H groups in total. The average molecular weight is 1450 g/mol. The van der Waals surface area contributed by atoms with E-state index in [1.54, 1.807) is 0 Å². The number of amides is 2. The molecule has 0 aromatic carbocycles. The minimum Gasteiger partial charge on any atom is -0.477 e. The molecule has 18 atom stereocenters. The maximum Gasteiger partial charge on any atom is 0.364 e. The van der Waals surface area contributed by atoms with E-state index < -0.39 is 148 Å². The highest BCUT2D eigenvalue weighted by Crippen LogP contribution is 2.39. The largest absolute Gasteiger partial charge is 0.477 e. The van der Waals surface area contributed by atoms with Gasteiger partial charge in [0.1, 0.15) is 67.1 Å². The zero-order valence-electron chi connectivity index (χ0n) is 62.8. The lowest BCUT2D eigenvalue weighted by Gasteiger charge is -2.50. The Balaban J connectivity index is 1.51. The molecule has 2 amide bonds. The van der Waals surface area contributed by atoms with Crippen LogP contribution >= 0.6 is 0 Å². The molecule has 0 saturated carbocycles. The van der Waals surface area contributed by atoms with Crippen LogP contribution in [0, 0.1) is 0 Å². The number of unbranched alkanes of at least 4 members (excludes halogenated alkanes) is 42. The highest BCUT2D eigenvalue weighted by Gasteiger charge is 2.60. The highest BCUT2D eigenvalue weighted by molar-refractivity contribution is 5.77. The number of aliphatic hydroxyl groups excluding tert-OH is 11. The lowest BCUT2D eigenvalue weighted by Crippen LogP contribution is -2.70. The Kier molecular flexibility index (Phi) is 52.9. The fourth-order valence-corrected chi connectivity index (χ4v) is 14.3. The number of ether oxygens (including phenoxy) is 6. The van der Waals surface area contributed by atoms with Gasteiger partial charge in [0, 0.05) is 19.8 Å². The second-order valence-electron chi connectivity index (χ2n) is 29.6. The molecule has 594 valence electrons. The zero-order chi connectivity index (χ0) is 73.9.